The summed E-state index contributed by atoms with van der Waals surface area (Å²) in [6, 6.07) is 5.47. The maximum Gasteiger partial charge on any atom is 0.192 e. The van der Waals surface area contributed by atoms with Gasteiger partial charge >= 0.3 is 0 Å². The van der Waals surface area contributed by atoms with Gasteiger partial charge in [0.25, 0.3) is 0 Å². The van der Waals surface area contributed by atoms with E-state index < -0.39 is 22.5 Å². The molecule has 0 radical (unpaired) electrons. The standard InChI is InChI=1S/C13H12ClNO3/c1-7(15)11(17)13(14)6-10(16)8-4-2-3-5-9(8)12(13)18/h2-5,7H,6,15H2,1H3/t7-,13?/m0/s1. The topological polar surface area (TPSA) is 77.2 Å². The predicted octanol–water partition coefficient (Wildman–Crippen LogP) is 1.35. The Morgan fingerprint density at radius 2 is 1.89 bits per heavy atom. The molecular formula is C13H12ClNO3. The molecule has 5 heteroatoms. The summed E-state index contributed by atoms with van der Waals surface area (Å²) in [7, 11) is 0. The molecule has 1 aromatic rings. The van der Waals surface area contributed by atoms with Gasteiger partial charge in [-0.3, -0.25) is 14.4 Å². The van der Waals surface area contributed by atoms with Crippen LogP contribution in [0.15, 0.2) is 24.3 Å². The van der Waals surface area contributed by atoms with Gasteiger partial charge in [-0.1, -0.05) is 24.3 Å². The van der Waals surface area contributed by atoms with Gasteiger partial charge in [-0.2, -0.15) is 0 Å². The fourth-order valence-corrected chi connectivity index (χ4v) is 2.49. The van der Waals surface area contributed by atoms with E-state index in [0.29, 0.717) is 5.56 Å². The van der Waals surface area contributed by atoms with Gasteiger partial charge in [-0.25, -0.2) is 0 Å². The minimum Gasteiger partial charge on any atom is -0.322 e. The minimum absolute atomic E-state index is 0.192. The average molecular weight is 266 g/mol. The van der Waals surface area contributed by atoms with Crippen LogP contribution in [0.25, 0.3) is 0 Å². The number of Topliss-reactive ketones (excluding diaryl/α,β-unsaturated/α-hetero) is 3. The van der Waals surface area contributed by atoms with Gasteiger partial charge in [0.15, 0.2) is 22.2 Å². The maximum atomic E-state index is 12.3. The van der Waals surface area contributed by atoms with Gasteiger partial charge in [0.05, 0.1) is 6.04 Å². The SMILES string of the molecule is C[C@H](N)C(=O)C1(Cl)CC(=O)c2ccccc2C1=O. The number of rotatable bonds is 2. The number of hydrogen-bond donors (Lipinski definition) is 1. The van der Waals surface area contributed by atoms with Crippen molar-refractivity contribution in [3.05, 3.63) is 35.4 Å². The Bertz CT molecular complexity index is 553. The summed E-state index contributed by atoms with van der Waals surface area (Å²) in [5, 5.41) is 0. The van der Waals surface area contributed by atoms with E-state index in [-0.39, 0.29) is 17.8 Å². The summed E-state index contributed by atoms with van der Waals surface area (Å²) in [6.07, 6.45) is -0.329. The van der Waals surface area contributed by atoms with Crippen LogP contribution in [0.4, 0.5) is 0 Å². The van der Waals surface area contributed by atoms with E-state index in [1.165, 1.54) is 13.0 Å². The molecule has 0 aliphatic heterocycles. The molecule has 1 unspecified atom stereocenters. The number of fused-ring (bicyclic) bond motifs is 1. The number of hydrogen-bond acceptors (Lipinski definition) is 4. The number of alkyl halides is 1. The molecule has 1 aliphatic carbocycles. The Hall–Kier alpha value is -1.52. The molecule has 18 heavy (non-hydrogen) atoms. The molecule has 2 rings (SSSR count). The predicted molar refractivity (Wildman–Crippen MR) is 67.0 cm³/mol. The van der Waals surface area contributed by atoms with Crippen molar-refractivity contribution in [1.29, 1.82) is 0 Å². The van der Waals surface area contributed by atoms with Crippen LogP contribution in [-0.2, 0) is 4.79 Å². The third-order valence-electron chi connectivity index (χ3n) is 3.04. The van der Waals surface area contributed by atoms with Crippen LogP contribution in [0.1, 0.15) is 34.1 Å². The van der Waals surface area contributed by atoms with Crippen LogP contribution < -0.4 is 5.73 Å². The number of benzene rings is 1. The smallest absolute Gasteiger partial charge is 0.192 e. The Morgan fingerprint density at radius 3 is 2.44 bits per heavy atom. The Kier molecular flexibility index (Phi) is 3.09. The molecule has 0 amide bonds. The Balaban J connectivity index is 2.55. The first-order valence-corrected chi connectivity index (χ1v) is 5.91. The lowest BCUT2D eigenvalue weighted by atomic mass is 9.78. The highest BCUT2D eigenvalue weighted by Gasteiger charge is 2.50. The zero-order valence-corrected chi connectivity index (χ0v) is 10.5. The number of carbonyl (C=O) groups excluding carboxylic acids is 3. The van der Waals surface area contributed by atoms with Gasteiger partial charge in [0.1, 0.15) is 0 Å². The molecular weight excluding hydrogens is 254 g/mol. The van der Waals surface area contributed by atoms with Crippen LogP contribution >= 0.6 is 11.6 Å². The summed E-state index contributed by atoms with van der Waals surface area (Å²) >= 11 is 6.09. The van der Waals surface area contributed by atoms with Gasteiger partial charge in [0, 0.05) is 17.5 Å². The second kappa shape index (κ2) is 4.30. The number of carbonyl (C=O) groups is 3. The van der Waals surface area contributed by atoms with E-state index in [0.717, 1.165) is 0 Å². The lowest BCUT2D eigenvalue weighted by Gasteiger charge is -2.29. The van der Waals surface area contributed by atoms with Crippen molar-refractivity contribution < 1.29 is 14.4 Å². The zero-order chi connectivity index (χ0) is 13.5. The van der Waals surface area contributed by atoms with Crippen molar-refractivity contribution in [3.8, 4) is 0 Å². The van der Waals surface area contributed by atoms with Crippen LogP contribution in [0.5, 0.6) is 0 Å². The summed E-state index contributed by atoms with van der Waals surface area (Å²) in [5.41, 5.74) is 5.99. The molecule has 0 saturated heterocycles. The summed E-state index contributed by atoms with van der Waals surface area (Å²) in [6.45, 7) is 1.45. The molecule has 0 bridgehead atoms. The minimum atomic E-state index is -1.85. The van der Waals surface area contributed by atoms with Crippen molar-refractivity contribution >= 4 is 29.0 Å². The van der Waals surface area contributed by atoms with E-state index in [1.54, 1.807) is 18.2 Å². The van der Waals surface area contributed by atoms with Crippen LogP contribution in [0, 0.1) is 0 Å². The molecule has 4 nitrogen and oxygen atoms in total. The molecule has 1 aliphatic rings. The van der Waals surface area contributed by atoms with Gasteiger partial charge in [-0.15, -0.1) is 11.6 Å². The number of nitrogens with two attached hydrogens (primary N) is 1. The third-order valence-corrected chi connectivity index (χ3v) is 3.53. The molecule has 2 N–H and O–H groups in total. The normalized spacial score (nSPS) is 24.6. The third kappa shape index (κ3) is 1.78. The summed E-state index contributed by atoms with van der Waals surface area (Å²) in [5.74, 6) is -1.46. The van der Waals surface area contributed by atoms with Crippen LogP contribution in [0.2, 0.25) is 0 Å². The zero-order valence-electron chi connectivity index (χ0n) is 9.77. The van der Waals surface area contributed by atoms with E-state index in [4.69, 9.17) is 17.3 Å². The lowest BCUT2D eigenvalue weighted by Crippen LogP contribution is -2.52. The van der Waals surface area contributed by atoms with Crippen molar-refractivity contribution in [2.24, 2.45) is 5.73 Å². The highest BCUT2D eigenvalue weighted by atomic mass is 35.5. The average Bonchev–Trinajstić information content (AvgIpc) is 2.35. The molecule has 0 saturated carbocycles. The molecule has 0 fully saturated rings. The number of halogens is 1. The van der Waals surface area contributed by atoms with E-state index >= 15 is 0 Å². The van der Waals surface area contributed by atoms with E-state index in [9.17, 15) is 14.4 Å². The Labute approximate surface area is 109 Å². The molecule has 1 aromatic carbocycles. The van der Waals surface area contributed by atoms with Crippen molar-refractivity contribution in [2.75, 3.05) is 0 Å². The monoisotopic (exact) mass is 265 g/mol. The Morgan fingerprint density at radius 1 is 1.33 bits per heavy atom. The van der Waals surface area contributed by atoms with Gasteiger partial charge < -0.3 is 5.73 Å². The second-order valence-corrected chi connectivity index (χ2v) is 5.07. The highest BCUT2D eigenvalue weighted by molar-refractivity contribution is 6.52. The van der Waals surface area contributed by atoms with E-state index in [1.807, 2.05) is 0 Å². The molecule has 94 valence electrons. The molecule has 0 spiro atoms. The van der Waals surface area contributed by atoms with Crippen molar-refractivity contribution in [1.82, 2.24) is 0 Å². The summed E-state index contributed by atoms with van der Waals surface area (Å²) < 4.78 is 0. The summed E-state index contributed by atoms with van der Waals surface area (Å²) in [4.78, 5) is 34.3. The first-order chi connectivity index (χ1) is 8.38. The fraction of sp³-hybridized carbons (Fsp3) is 0.308. The van der Waals surface area contributed by atoms with Crippen molar-refractivity contribution in [3.63, 3.8) is 0 Å². The highest BCUT2D eigenvalue weighted by Crippen LogP contribution is 2.35. The lowest BCUT2D eigenvalue weighted by molar-refractivity contribution is -0.121. The van der Waals surface area contributed by atoms with Crippen LogP contribution in [0.3, 0.4) is 0 Å². The quantitative estimate of drug-likeness (QED) is 0.647. The van der Waals surface area contributed by atoms with Crippen molar-refractivity contribution in [2.45, 2.75) is 24.3 Å². The largest absolute Gasteiger partial charge is 0.322 e. The number of ketones is 3. The van der Waals surface area contributed by atoms with Gasteiger partial charge in [-0.05, 0) is 6.92 Å². The molecule has 0 aromatic heterocycles. The van der Waals surface area contributed by atoms with E-state index in [2.05, 4.69) is 0 Å². The van der Waals surface area contributed by atoms with Crippen LogP contribution in [-0.4, -0.2) is 28.3 Å². The maximum absolute atomic E-state index is 12.3. The molecule has 2 atom stereocenters. The first kappa shape index (κ1) is 12.9. The first-order valence-electron chi connectivity index (χ1n) is 5.54. The van der Waals surface area contributed by atoms with Gasteiger partial charge in [0.2, 0.25) is 0 Å². The second-order valence-electron chi connectivity index (χ2n) is 4.43. The molecule has 0 heterocycles. The fourth-order valence-electron chi connectivity index (χ4n) is 2.09.